The van der Waals surface area contributed by atoms with E-state index in [1.807, 2.05) is 48.5 Å². The van der Waals surface area contributed by atoms with E-state index < -0.39 is 17.9 Å². The lowest BCUT2D eigenvalue weighted by Crippen LogP contribution is -2.44. The van der Waals surface area contributed by atoms with E-state index in [1.54, 1.807) is 36.4 Å². The van der Waals surface area contributed by atoms with Gasteiger partial charge >= 0.3 is 5.97 Å². The molecule has 0 aliphatic heterocycles. The number of ether oxygens (including phenoxy) is 2. The zero-order chi connectivity index (χ0) is 22.1. The van der Waals surface area contributed by atoms with Gasteiger partial charge in [0.1, 0.15) is 11.8 Å². The fourth-order valence-corrected chi connectivity index (χ4v) is 3.03. The number of nitrogens with one attached hydrogen (secondary N) is 1. The lowest BCUT2D eigenvalue weighted by atomic mass is 10.0. The molecule has 0 aliphatic carbocycles. The molecule has 3 aromatic rings. The number of hydrogen-bond acceptors (Lipinski definition) is 5. The number of methoxy groups -OCH3 is 1. The summed E-state index contributed by atoms with van der Waals surface area (Å²) in [6, 6.07) is 24.1. The molecule has 1 N–H and O–H groups in total. The Morgan fingerprint density at radius 1 is 0.806 bits per heavy atom. The Morgan fingerprint density at radius 3 is 2.00 bits per heavy atom. The third-order valence-corrected chi connectivity index (χ3v) is 4.63. The highest BCUT2D eigenvalue weighted by Crippen LogP contribution is 2.15. The van der Waals surface area contributed by atoms with Crippen LogP contribution in [0, 0.1) is 0 Å². The van der Waals surface area contributed by atoms with E-state index in [0.717, 1.165) is 5.56 Å². The van der Waals surface area contributed by atoms with Crippen molar-refractivity contribution in [2.75, 3.05) is 13.7 Å². The molecule has 158 valence electrons. The maximum Gasteiger partial charge on any atom is 0.328 e. The summed E-state index contributed by atoms with van der Waals surface area (Å²) in [5, 5.41) is 2.64. The lowest BCUT2D eigenvalue weighted by Gasteiger charge is -2.17. The van der Waals surface area contributed by atoms with Crippen LogP contribution >= 0.6 is 0 Å². The van der Waals surface area contributed by atoms with Crippen LogP contribution in [0.1, 0.15) is 21.5 Å². The summed E-state index contributed by atoms with van der Waals surface area (Å²) in [4.78, 5) is 36.8. The van der Waals surface area contributed by atoms with Gasteiger partial charge in [-0.2, -0.15) is 0 Å². The second kappa shape index (κ2) is 10.7. The van der Waals surface area contributed by atoms with Gasteiger partial charge in [0.2, 0.25) is 0 Å². The van der Waals surface area contributed by atoms with Crippen molar-refractivity contribution < 1.29 is 23.9 Å². The first kappa shape index (κ1) is 21.8. The third kappa shape index (κ3) is 6.27. The van der Waals surface area contributed by atoms with Gasteiger partial charge in [-0.3, -0.25) is 9.59 Å². The fraction of sp³-hybridized carbons (Fsp3) is 0.160. The van der Waals surface area contributed by atoms with Crippen molar-refractivity contribution >= 4 is 17.7 Å². The van der Waals surface area contributed by atoms with Crippen LogP contribution in [-0.2, 0) is 20.7 Å². The first-order valence-corrected chi connectivity index (χ1v) is 9.80. The van der Waals surface area contributed by atoms with Gasteiger partial charge in [-0.05, 0) is 29.8 Å². The second-order valence-electron chi connectivity index (χ2n) is 6.84. The largest absolute Gasteiger partial charge is 0.484 e. The summed E-state index contributed by atoms with van der Waals surface area (Å²) >= 11 is 0. The minimum absolute atomic E-state index is 0.0910. The summed E-state index contributed by atoms with van der Waals surface area (Å²) in [6.07, 6.45) is 0.315. The summed E-state index contributed by atoms with van der Waals surface area (Å²) in [7, 11) is 1.28. The van der Waals surface area contributed by atoms with E-state index in [1.165, 1.54) is 7.11 Å². The summed E-state index contributed by atoms with van der Waals surface area (Å²) < 4.78 is 10.3. The van der Waals surface area contributed by atoms with Crippen LogP contribution in [-0.4, -0.2) is 37.4 Å². The van der Waals surface area contributed by atoms with Crippen molar-refractivity contribution in [2.45, 2.75) is 12.5 Å². The average molecular weight is 417 g/mol. The average Bonchev–Trinajstić information content (AvgIpc) is 2.83. The van der Waals surface area contributed by atoms with Gasteiger partial charge in [0, 0.05) is 17.5 Å². The molecule has 3 aromatic carbocycles. The predicted octanol–water partition coefficient (Wildman–Crippen LogP) is 3.20. The highest BCUT2D eigenvalue weighted by atomic mass is 16.5. The Bertz CT molecular complexity index is 1020. The van der Waals surface area contributed by atoms with Crippen molar-refractivity contribution in [3.05, 3.63) is 102 Å². The van der Waals surface area contributed by atoms with Crippen LogP contribution in [0.4, 0.5) is 0 Å². The van der Waals surface area contributed by atoms with Crippen LogP contribution in [0.5, 0.6) is 5.75 Å². The van der Waals surface area contributed by atoms with Crippen LogP contribution in [0.25, 0.3) is 0 Å². The van der Waals surface area contributed by atoms with Crippen LogP contribution in [0.2, 0.25) is 0 Å². The quantitative estimate of drug-likeness (QED) is 0.427. The van der Waals surface area contributed by atoms with Crippen molar-refractivity contribution in [2.24, 2.45) is 0 Å². The van der Waals surface area contributed by atoms with Gasteiger partial charge in [0.15, 0.2) is 12.4 Å². The molecule has 6 heteroatoms. The number of rotatable bonds is 9. The minimum atomic E-state index is -0.811. The Hall–Kier alpha value is -3.93. The highest BCUT2D eigenvalue weighted by Gasteiger charge is 2.22. The van der Waals surface area contributed by atoms with Crippen molar-refractivity contribution in [1.82, 2.24) is 5.32 Å². The number of carbonyl (C=O) groups is 3. The maximum absolute atomic E-state index is 12.4. The van der Waals surface area contributed by atoms with Crippen LogP contribution in [0.15, 0.2) is 84.9 Å². The zero-order valence-corrected chi connectivity index (χ0v) is 17.1. The lowest BCUT2D eigenvalue weighted by molar-refractivity contribution is -0.145. The molecule has 0 saturated heterocycles. The molecular formula is C25H23NO5. The molecule has 0 spiro atoms. The standard InChI is InChI=1S/C25H23NO5/c1-30-25(29)22(16-18-8-4-2-5-9-18)26-23(27)17-31-21-14-12-20(13-15-21)24(28)19-10-6-3-7-11-19/h2-15,22H,16-17H2,1H3,(H,26,27). The van der Waals surface area contributed by atoms with Gasteiger partial charge in [-0.1, -0.05) is 60.7 Å². The molecule has 3 rings (SSSR count). The van der Waals surface area contributed by atoms with E-state index in [0.29, 0.717) is 23.3 Å². The monoisotopic (exact) mass is 417 g/mol. The summed E-state index contributed by atoms with van der Waals surface area (Å²) in [5.41, 5.74) is 2.03. The van der Waals surface area contributed by atoms with Crippen molar-refractivity contribution in [3.8, 4) is 5.75 Å². The Labute approximate surface area is 180 Å². The van der Waals surface area contributed by atoms with E-state index in [4.69, 9.17) is 9.47 Å². The van der Waals surface area contributed by atoms with Crippen LogP contribution in [0.3, 0.4) is 0 Å². The van der Waals surface area contributed by atoms with E-state index in [9.17, 15) is 14.4 Å². The third-order valence-electron chi connectivity index (χ3n) is 4.63. The van der Waals surface area contributed by atoms with E-state index in [2.05, 4.69) is 5.32 Å². The predicted molar refractivity (Wildman–Crippen MR) is 116 cm³/mol. The Morgan fingerprint density at radius 2 is 1.39 bits per heavy atom. The molecule has 0 fully saturated rings. The molecule has 0 bridgehead atoms. The number of benzene rings is 3. The maximum atomic E-state index is 12.4. The van der Waals surface area contributed by atoms with E-state index >= 15 is 0 Å². The molecule has 0 aromatic heterocycles. The molecule has 6 nitrogen and oxygen atoms in total. The number of carbonyl (C=O) groups excluding carboxylic acids is 3. The summed E-state index contributed by atoms with van der Waals surface area (Å²) in [5.74, 6) is -0.624. The van der Waals surface area contributed by atoms with E-state index in [-0.39, 0.29) is 12.4 Å². The SMILES string of the molecule is COC(=O)C(Cc1ccccc1)NC(=O)COc1ccc(C(=O)c2ccccc2)cc1. The molecule has 1 amide bonds. The summed E-state index contributed by atoms with van der Waals surface area (Å²) in [6.45, 7) is -0.270. The van der Waals surface area contributed by atoms with Gasteiger partial charge in [0.05, 0.1) is 7.11 Å². The van der Waals surface area contributed by atoms with Gasteiger partial charge < -0.3 is 14.8 Å². The zero-order valence-electron chi connectivity index (χ0n) is 17.1. The molecule has 0 saturated carbocycles. The first-order valence-electron chi connectivity index (χ1n) is 9.80. The number of amides is 1. The number of esters is 1. The van der Waals surface area contributed by atoms with Gasteiger partial charge in [-0.15, -0.1) is 0 Å². The number of ketones is 1. The molecule has 0 radical (unpaired) electrons. The van der Waals surface area contributed by atoms with Crippen molar-refractivity contribution in [3.63, 3.8) is 0 Å². The molecule has 0 aliphatic rings. The minimum Gasteiger partial charge on any atom is -0.484 e. The smallest absolute Gasteiger partial charge is 0.328 e. The topological polar surface area (TPSA) is 81.7 Å². The van der Waals surface area contributed by atoms with Gasteiger partial charge in [0.25, 0.3) is 5.91 Å². The molecule has 1 atom stereocenters. The number of hydrogen-bond donors (Lipinski definition) is 1. The van der Waals surface area contributed by atoms with Crippen LogP contribution < -0.4 is 10.1 Å². The highest BCUT2D eigenvalue weighted by molar-refractivity contribution is 6.09. The Balaban J connectivity index is 1.55. The first-order chi connectivity index (χ1) is 15.1. The molecular weight excluding hydrogens is 394 g/mol. The Kier molecular flexibility index (Phi) is 7.54. The van der Waals surface area contributed by atoms with Gasteiger partial charge in [-0.25, -0.2) is 4.79 Å². The normalized spacial score (nSPS) is 11.3. The fourth-order valence-electron chi connectivity index (χ4n) is 3.03. The second-order valence-corrected chi connectivity index (χ2v) is 6.84. The van der Waals surface area contributed by atoms with Crippen molar-refractivity contribution in [1.29, 1.82) is 0 Å². The molecule has 0 heterocycles. The molecule has 31 heavy (non-hydrogen) atoms. The molecule has 1 unspecified atom stereocenters.